The highest BCUT2D eigenvalue weighted by Crippen LogP contribution is 2.34. The van der Waals surface area contributed by atoms with Gasteiger partial charge in [-0.2, -0.15) is 0 Å². The Kier molecular flexibility index (Phi) is 5.05. The van der Waals surface area contributed by atoms with E-state index in [1.54, 1.807) is 16.7 Å². The van der Waals surface area contributed by atoms with Gasteiger partial charge < -0.3 is 20.9 Å². The molecule has 3 heterocycles. The van der Waals surface area contributed by atoms with Crippen molar-refractivity contribution >= 4 is 22.9 Å². The van der Waals surface area contributed by atoms with Gasteiger partial charge in [0.15, 0.2) is 17.0 Å². The summed E-state index contributed by atoms with van der Waals surface area (Å²) in [4.78, 5) is 12.8. The zero-order valence-electron chi connectivity index (χ0n) is 15.8. The lowest BCUT2D eigenvalue weighted by Gasteiger charge is -2.17. The van der Waals surface area contributed by atoms with Crippen molar-refractivity contribution in [2.45, 2.75) is 44.6 Å². The highest BCUT2D eigenvalue weighted by molar-refractivity contribution is 5.84. The van der Waals surface area contributed by atoms with Gasteiger partial charge in [0.1, 0.15) is 12.6 Å². The molecule has 2 unspecified atom stereocenters. The number of halogens is 2. The van der Waals surface area contributed by atoms with Gasteiger partial charge in [-0.3, -0.25) is 4.57 Å². The van der Waals surface area contributed by atoms with Gasteiger partial charge in [0.05, 0.1) is 12.7 Å². The van der Waals surface area contributed by atoms with Crippen LogP contribution in [0.4, 0.5) is 20.5 Å². The highest BCUT2D eigenvalue weighted by Gasteiger charge is 2.30. The number of nitrogens with one attached hydrogen (secondary N) is 1. The van der Waals surface area contributed by atoms with Gasteiger partial charge >= 0.3 is 0 Å². The summed E-state index contributed by atoms with van der Waals surface area (Å²) in [5, 5.41) is 12.6. The lowest BCUT2D eigenvalue weighted by Crippen LogP contribution is -2.17. The van der Waals surface area contributed by atoms with E-state index in [4.69, 9.17) is 10.5 Å². The molecule has 10 heteroatoms. The smallest absolute Gasteiger partial charge is 0.270 e. The van der Waals surface area contributed by atoms with Crippen LogP contribution in [0, 0.1) is 0 Å². The first-order valence-corrected chi connectivity index (χ1v) is 9.32. The molecule has 1 aliphatic rings. The van der Waals surface area contributed by atoms with Crippen LogP contribution in [0.1, 0.15) is 37.1 Å². The largest absolute Gasteiger partial charge is 0.394 e. The number of ether oxygens (including phenoxy) is 1. The number of fused-ring (bicyclic) bond motifs is 1. The molecule has 29 heavy (non-hydrogen) atoms. The third kappa shape index (κ3) is 3.85. The number of hydrogen-bond acceptors (Lipinski definition) is 7. The summed E-state index contributed by atoms with van der Waals surface area (Å²) < 4.78 is 34.5. The van der Waals surface area contributed by atoms with Crippen LogP contribution in [0.15, 0.2) is 30.6 Å². The van der Waals surface area contributed by atoms with Crippen LogP contribution < -0.4 is 11.1 Å². The molecule has 4 N–H and O–H groups in total. The lowest BCUT2D eigenvalue weighted by molar-refractivity contribution is -0.0197. The average Bonchev–Trinajstić information content (AvgIpc) is 3.30. The third-order valence-corrected chi connectivity index (χ3v) is 4.99. The molecule has 0 saturated carbocycles. The van der Waals surface area contributed by atoms with E-state index in [0.29, 0.717) is 36.5 Å². The minimum atomic E-state index is -2.88. The first kappa shape index (κ1) is 19.5. The second-order valence-corrected chi connectivity index (χ2v) is 7.15. The van der Waals surface area contributed by atoms with Crippen molar-refractivity contribution in [1.29, 1.82) is 0 Å². The van der Waals surface area contributed by atoms with E-state index in [1.165, 1.54) is 18.5 Å². The van der Waals surface area contributed by atoms with E-state index in [-0.39, 0.29) is 30.3 Å². The van der Waals surface area contributed by atoms with Crippen molar-refractivity contribution in [2.75, 3.05) is 17.7 Å². The monoisotopic (exact) mass is 404 g/mol. The van der Waals surface area contributed by atoms with Crippen LogP contribution in [0.3, 0.4) is 0 Å². The normalized spacial score (nSPS) is 19.7. The molecule has 2 aromatic heterocycles. The molecule has 8 nitrogen and oxygen atoms in total. The molecule has 0 aliphatic carbocycles. The number of anilines is 2. The Morgan fingerprint density at radius 3 is 2.69 bits per heavy atom. The van der Waals surface area contributed by atoms with Gasteiger partial charge in [-0.15, -0.1) is 0 Å². The number of nitrogens with two attached hydrogens (primary N) is 1. The Balaban J connectivity index is 1.61. The van der Waals surface area contributed by atoms with E-state index in [9.17, 15) is 13.9 Å². The quantitative estimate of drug-likeness (QED) is 0.579. The number of nitrogens with zero attached hydrogens (tertiary/aromatic N) is 4. The van der Waals surface area contributed by atoms with E-state index in [0.717, 1.165) is 12.5 Å². The van der Waals surface area contributed by atoms with Crippen molar-refractivity contribution in [1.82, 2.24) is 19.5 Å². The number of aliphatic hydroxyl groups excluding tert-OH is 1. The predicted molar refractivity (Wildman–Crippen MR) is 103 cm³/mol. The molecule has 1 aromatic carbocycles. The molecular weight excluding hydrogens is 382 g/mol. The second kappa shape index (κ2) is 7.53. The first-order chi connectivity index (χ1) is 13.9. The summed E-state index contributed by atoms with van der Waals surface area (Å²) in [6.45, 7) is 1.18. The SMILES string of the molecule is CC(F)(F)c1ccc(CNc2nc3c(N)ncnc3n2C2CCC(CO)O2)cc1. The van der Waals surface area contributed by atoms with Crippen LogP contribution in [0.5, 0.6) is 0 Å². The molecule has 0 amide bonds. The van der Waals surface area contributed by atoms with Gasteiger partial charge in [0, 0.05) is 19.0 Å². The number of hydrogen-bond donors (Lipinski definition) is 3. The molecule has 0 bridgehead atoms. The molecule has 1 saturated heterocycles. The number of alkyl halides is 2. The van der Waals surface area contributed by atoms with Crippen molar-refractivity contribution in [3.63, 3.8) is 0 Å². The first-order valence-electron chi connectivity index (χ1n) is 9.32. The molecule has 1 fully saturated rings. The molecule has 4 rings (SSSR count). The molecule has 1 aliphatic heterocycles. The Morgan fingerprint density at radius 2 is 2.03 bits per heavy atom. The number of aliphatic hydroxyl groups is 1. The number of nitrogen functional groups attached to an aromatic ring is 1. The van der Waals surface area contributed by atoms with E-state index >= 15 is 0 Å². The van der Waals surface area contributed by atoms with E-state index in [1.807, 2.05) is 0 Å². The van der Waals surface area contributed by atoms with Crippen LogP contribution in [0.25, 0.3) is 11.2 Å². The van der Waals surface area contributed by atoms with Crippen LogP contribution in [0.2, 0.25) is 0 Å². The summed E-state index contributed by atoms with van der Waals surface area (Å²) in [5.41, 5.74) is 7.71. The fourth-order valence-corrected chi connectivity index (χ4v) is 3.43. The maximum absolute atomic E-state index is 13.4. The van der Waals surface area contributed by atoms with Gasteiger partial charge in [0.25, 0.3) is 5.92 Å². The Morgan fingerprint density at radius 1 is 1.28 bits per heavy atom. The van der Waals surface area contributed by atoms with Crippen molar-refractivity contribution in [2.24, 2.45) is 0 Å². The fourth-order valence-electron chi connectivity index (χ4n) is 3.43. The van der Waals surface area contributed by atoms with E-state index in [2.05, 4.69) is 20.3 Å². The maximum Gasteiger partial charge on any atom is 0.270 e. The van der Waals surface area contributed by atoms with Crippen molar-refractivity contribution in [3.05, 3.63) is 41.7 Å². The Hall–Kier alpha value is -2.85. The van der Waals surface area contributed by atoms with E-state index < -0.39 is 5.92 Å². The topological polar surface area (TPSA) is 111 Å². The zero-order valence-corrected chi connectivity index (χ0v) is 15.8. The minimum Gasteiger partial charge on any atom is -0.394 e. The van der Waals surface area contributed by atoms with Crippen LogP contribution in [-0.4, -0.2) is 37.3 Å². The molecule has 154 valence electrons. The van der Waals surface area contributed by atoms with Gasteiger partial charge in [0.2, 0.25) is 5.95 Å². The van der Waals surface area contributed by atoms with Gasteiger partial charge in [-0.05, 0) is 18.4 Å². The molecule has 2 atom stereocenters. The molecular formula is C19H22F2N6O2. The summed E-state index contributed by atoms with van der Waals surface area (Å²) >= 11 is 0. The van der Waals surface area contributed by atoms with Gasteiger partial charge in [-0.1, -0.05) is 24.3 Å². The standard InChI is InChI=1S/C19H22F2N6O2/c1-19(20,21)12-4-2-11(3-5-12)8-23-18-26-15-16(22)24-10-25-17(15)27(18)14-7-6-13(9-28)29-14/h2-5,10,13-14,28H,6-9H2,1H3,(H,23,26)(H2,22,24,25). The number of rotatable bonds is 6. The fraction of sp³-hybridized carbons (Fsp3) is 0.421. The molecule has 3 aromatic rings. The highest BCUT2D eigenvalue weighted by atomic mass is 19.3. The Labute approximate surface area is 165 Å². The van der Waals surface area contributed by atoms with Crippen molar-refractivity contribution < 1.29 is 18.6 Å². The summed E-state index contributed by atoms with van der Waals surface area (Å²) in [6.07, 6.45) is 2.17. The molecule has 0 spiro atoms. The minimum absolute atomic E-state index is 0.0362. The lowest BCUT2D eigenvalue weighted by atomic mass is 10.1. The van der Waals surface area contributed by atoms with Crippen LogP contribution in [-0.2, 0) is 17.2 Å². The van der Waals surface area contributed by atoms with Crippen LogP contribution >= 0.6 is 0 Å². The predicted octanol–water partition coefficient (Wildman–Crippen LogP) is 2.80. The van der Waals surface area contributed by atoms with Crippen molar-refractivity contribution in [3.8, 4) is 0 Å². The maximum atomic E-state index is 13.4. The molecule has 0 radical (unpaired) electrons. The summed E-state index contributed by atoms with van der Waals surface area (Å²) in [5.74, 6) is -2.14. The average molecular weight is 404 g/mol. The summed E-state index contributed by atoms with van der Waals surface area (Å²) in [6, 6.07) is 6.12. The zero-order chi connectivity index (χ0) is 20.6. The number of imidazole rings is 1. The summed E-state index contributed by atoms with van der Waals surface area (Å²) in [7, 11) is 0. The third-order valence-electron chi connectivity index (χ3n) is 4.99. The number of aromatic nitrogens is 4. The number of benzene rings is 1. The van der Waals surface area contributed by atoms with Gasteiger partial charge in [-0.25, -0.2) is 23.7 Å². The second-order valence-electron chi connectivity index (χ2n) is 7.15. The Bertz CT molecular complexity index is 1000.